The topological polar surface area (TPSA) is 155 Å². The van der Waals surface area contributed by atoms with Crippen molar-refractivity contribution in [3.05, 3.63) is 112 Å². The van der Waals surface area contributed by atoms with Crippen LogP contribution in [0.15, 0.2) is 60.8 Å². The predicted molar refractivity (Wildman–Crippen MR) is 215 cm³/mol. The Kier molecular flexibility index (Phi) is 12.5. The molecule has 0 fully saturated rings. The van der Waals surface area contributed by atoms with Crippen molar-refractivity contribution < 1.29 is 77.0 Å². The van der Waals surface area contributed by atoms with Crippen molar-refractivity contribution in [2.24, 2.45) is 0 Å². The van der Waals surface area contributed by atoms with E-state index < -0.39 is 85.0 Å². The highest BCUT2D eigenvalue weighted by Crippen LogP contribution is 2.46. The molecular formula is C44H36F7NO10S. The normalized spacial score (nSPS) is 13.3. The van der Waals surface area contributed by atoms with Crippen LogP contribution >= 0.6 is 0 Å². The SMILES string of the molecule is CCOC(=O)C(=O)c1c(C)cc2cc(F)c(F)cc2c1OS(=O)(=O)C(F)(F)F.Cc1cc2cc(F)c(F)cc2c(-c2ccc3c4c(ccnc24)CCO3)c1[C@@H](OC(C)(C)C)C(=O)O. The summed E-state index contributed by atoms with van der Waals surface area (Å²) in [6.45, 7) is 9.86. The zero-order valence-electron chi connectivity index (χ0n) is 34.1. The van der Waals surface area contributed by atoms with Gasteiger partial charge in [0, 0.05) is 34.5 Å². The zero-order valence-corrected chi connectivity index (χ0v) is 34.9. The number of ether oxygens (including phenoxy) is 3. The van der Waals surface area contributed by atoms with E-state index in [4.69, 9.17) is 9.47 Å². The van der Waals surface area contributed by atoms with Crippen molar-refractivity contribution in [3.63, 3.8) is 0 Å². The summed E-state index contributed by atoms with van der Waals surface area (Å²) in [5, 5.41) is 11.0. The maximum Gasteiger partial charge on any atom is 0.534 e. The van der Waals surface area contributed by atoms with Gasteiger partial charge in [0.2, 0.25) is 0 Å². The molecule has 1 atom stereocenters. The van der Waals surface area contributed by atoms with Crippen molar-refractivity contribution in [3.8, 4) is 22.6 Å². The number of esters is 1. The van der Waals surface area contributed by atoms with E-state index in [2.05, 4.69) is 13.9 Å². The lowest BCUT2D eigenvalue weighted by Crippen LogP contribution is -2.29. The van der Waals surface area contributed by atoms with Gasteiger partial charge >= 0.3 is 27.6 Å². The maximum absolute atomic E-state index is 14.6. The molecule has 0 saturated heterocycles. The number of pyridine rings is 1. The lowest BCUT2D eigenvalue weighted by Gasteiger charge is -2.29. The summed E-state index contributed by atoms with van der Waals surface area (Å²) in [5.41, 5.74) is -4.06. The Morgan fingerprint density at radius 3 is 2.03 bits per heavy atom. The highest BCUT2D eigenvalue weighted by molar-refractivity contribution is 7.88. The Bertz CT molecular complexity index is 2970. The Hall–Kier alpha value is -6.34. The number of aryl methyl sites for hydroxylation is 2. The molecule has 63 heavy (non-hydrogen) atoms. The second-order valence-corrected chi connectivity index (χ2v) is 16.8. The minimum atomic E-state index is -6.30. The van der Waals surface area contributed by atoms with Gasteiger partial charge in [-0.1, -0.05) is 12.1 Å². The van der Waals surface area contributed by atoms with Crippen LogP contribution in [-0.2, 0) is 35.6 Å². The number of hydrogen-bond acceptors (Lipinski definition) is 10. The number of benzene rings is 5. The number of carboxylic acids is 1. The number of carbonyl (C=O) groups excluding carboxylic acids is 2. The van der Waals surface area contributed by atoms with Gasteiger partial charge in [-0.05, 0) is 122 Å². The molecule has 6 aromatic rings. The minimum absolute atomic E-state index is 0.219. The highest BCUT2D eigenvalue weighted by Gasteiger charge is 2.49. The largest absolute Gasteiger partial charge is 0.534 e. The third-order valence-corrected chi connectivity index (χ3v) is 10.7. The second kappa shape index (κ2) is 17.1. The van der Waals surface area contributed by atoms with Gasteiger partial charge in [0.15, 0.2) is 35.1 Å². The molecule has 1 aliphatic heterocycles. The molecule has 1 aromatic heterocycles. The fourth-order valence-corrected chi connectivity index (χ4v) is 7.68. The van der Waals surface area contributed by atoms with E-state index in [-0.39, 0.29) is 17.6 Å². The van der Waals surface area contributed by atoms with Crippen molar-refractivity contribution in [2.45, 2.75) is 65.2 Å². The number of Topliss-reactive ketones (excluding diaryl/α,β-unsaturated/α-hetero) is 1. The van der Waals surface area contributed by atoms with Gasteiger partial charge in [-0.15, -0.1) is 0 Å². The first kappa shape index (κ1) is 46.2. The van der Waals surface area contributed by atoms with E-state index in [0.29, 0.717) is 69.5 Å². The molecule has 1 N–H and O–H groups in total. The molecule has 332 valence electrons. The smallest absolute Gasteiger partial charge is 0.493 e. The predicted octanol–water partition coefficient (Wildman–Crippen LogP) is 9.92. The molecule has 0 bridgehead atoms. The summed E-state index contributed by atoms with van der Waals surface area (Å²) in [4.78, 5) is 41.2. The summed E-state index contributed by atoms with van der Waals surface area (Å²) < 4.78 is 137. The Labute approximate surface area is 354 Å². The van der Waals surface area contributed by atoms with Crippen LogP contribution in [0.4, 0.5) is 30.7 Å². The van der Waals surface area contributed by atoms with E-state index in [0.717, 1.165) is 36.1 Å². The molecule has 1 aliphatic rings. The van der Waals surface area contributed by atoms with Crippen LogP contribution in [0.1, 0.15) is 66.4 Å². The Morgan fingerprint density at radius 2 is 1.44 bits per heavy atom. The van der Waals surface area contributed by atoms with Crippen LogP contribution in [0, 0.1) is 37.1 Å². The number of ketones is 1. The molecule has 0 aliphatic carbocycles. The molecule has 0 saturated carbocycles. The number of nitrogens with zero attached hydrogens (tertiary/aromatic N) is 1. The van der Waals surface area contributed by atoms with E-state index in [1.807, 2.05) is 12.1 Å². The Morgan fingerprint density at radius 1 is 0.857 bits per heavy atom. The minimum Gasteiger partial charge on any atom is -0.493 e. The van der Waals surface area contributed by atoms with Crippen molar-refractivity contribution >= 4 is 60.3 Å². The first-order valence-corrected chi connectivity index (χ1v) is 20.3. The molecule has 0 radical (unpaired) electrons. The van der Waals surface area contributed by atoms with Crippen LogP contribution in [-0.4, -0.2) is 60.6 Å². The number of fused-ring (bicyclic) bond motifs is 2. The summed E-state index contributed by atoms with van der Waals surface area (Å²) in [6.07, 6.45) is 1.07. The molecular weight excluding hydrogens is 868 g/mol. The molecule has 0 amide bonds. The summed E-state index contributed by atoms with van der Waals surface area (Å²) >= 11 is 0. The summed E-state index contributed by atoms with van der Waals surface area (Å²) in [7, 11) is -6.30. The maximum atomic E-state index is 14.6. The average molecular weight is 904 g/mol. The first-order valence-electron chi connectivity index (χ1n) is 18.9. The van der Waals surface area contributed by atoms with E-state index in [1.54, 1.807) is 46.0 Å². The van der Waals surface area contributed by atoms with Gasteiger partial charge in [-0.25, -0.2) is 27.2 Å². The van der Waals surface area contributed by atoms with Gasteiger partial charge in [0.25, 0.3) is 5.78 Å². The van der Waals surface area contributed by atoms with Crippen LogP contribution in [0.2, 0.25) is 0 Å². The van der Waals surface area contributed by atoms with E-state index in [1.165, 1.54) is 6.92 Å². The van der Waals surface area contributed by atoms with Crippen LogP contribution in [0.5, 0.6) is 11.5 Å². The van der Waals surface area contributed by atoms with Gasteiger partial charge in [-0.3, -0.25) is 9.78 Å². The number of alkyl halides is 3. The number of aromatic nitrogens is 1. The van der Waals surface area contributed by atoms with E-state index >= 15 is 0 Å². The molecule has 7 rings (SSSR count). The third-order valence-electron chi connectivity index (χ3n) is 9.72. The monoisotopic (exact) mass is 903 g/mol. The van der Waals surface area contributed by atoms with Crippen molar-refractivity contribution in [1.82, 2.24) is 4.98 Å². The molecule has 0 unspecified atom stereocenters. The zero-order chi connectivity index (χ0) is 46.5. The Balaban J connectivity index is 0.000000216. The van der Waals surface area contributed by atoms with Gasteiger partial charge < -0.3 is 23.5 Å². The van der Waals surface area contributed by atoms with Crippen molar-refractivity contribution in [2.75, 3.05) is 13.2 Å². The number of carbonyl (C=O) groups is 3. The van der Waals surface area contributed by atoms with Gasteiger partial charge in [-0.2, -0.15) is 21.6 Å². The number of rotatable bonds is 9. The quantitative estimate of drug-likeness (QED) is 0.0368. The standard InChI is InChI=1S/C28H25F2NO4.C16H11F5O6S/c1-14-11-16-12-19(29)20(30)13-18(16)24(22(14)26(27(32)33)35-28(2,3)4)17-5-6-21-23-15(8-10-34-21)7-9-31-25(17)23;1-3-26-15(23)13(22)12-7(2)4-8-5-10(17)11(18)6-9(8)14(12)27-28(24,25)16(19,20)21/h5-7,9,11-13,26H,8,10H2,1-4H3,(H,32,33);4-6H,3H2,1-2H3/t26-;/m1./s1. The summed E-state index contributed by atoms with van der Waals surface area (Å²) in [6, 6.07) is 11.5. The summed E-state index contributed by atoms with van der Waals surface area (Å²) in [5.74, 6) is -9.67. The number of aliphatic carboxylic acids is 1. The van der Waals surface area contributed by atoms with E-state index in [9.17, 15) is 58.6 Å². The second-order valence-electron chi connectivity index (χ2n) is 15.2. The van der Waals surface area contributed by atoms with Gasteiger partial charge in [0.05, 0.1) is 29.9 Å². The molecule has 5 aromatic carbocycles. The number of carboxylic acid groups (broad SMARTS) is 1. The van der Waals surface area contributed by atoms with Crippen LogP contribution in [0.25, 0.3) is 43.6 Å². The number of hydrogen-bond donors (Lipinski definition) is 1. The highest BCUT2D eigenvalue weighted by atomic mass is 32.2. The van der Waals surface area contributed by atoms with Crippen LogP contribution in [0.3, 0.4) is 0 Å². The molecule has 11 nitrogen and oxygen atoms in total. The fraction of sp³-hybridized carbons (Fsp3) is 0.273. The van der Waals surface area contributed by atoms with Crippen LogP contribution < -0.4 is 8.92 Å². The van der Waals surface area contributed by atoms with Gasteiger partial charge in [0.1, 0.15) is 5.75 Å². The lowest BCUT2D eigenvalue weighted by atomic mass is 9.85. The lowest BCUT2D eigenvalue weighted by molar-refractivity contribution is -0.160. The molecule has 0 spiro atoms. The first-order chi connectivity index (χ1) is 29.3. The molecule has 2 heterocycles. The molecule has 19 heteroatoms. The number of halogens is 7. The fourth-order valence-electron chi connectivity index (χ4n) is 7.19. The third kappa shape index (κ3) is 9.11. The van der Waals surface area contributed by atoms with Crippen molar-refractivity contribution in [1.29, 1.82) is 0 Å². The average Bonchev–Trinajstić information content (AvgIpc) is 3.18.